The molecule has 1 rings (SSSR count). The Morgan fingerprint density at radius 3 is 2.71 bits per heavy atom. The zero-order valence-electron chi connectivity index (χ0n) is 11.5. The summed E-state index contributed by atoms with van der Waals surface area (Å²) < 4.78 is 1.90. The highest BCUT2D eigenvalue weighted by molar-refractivity contribution is 5.15. The van der Waals surface area contributed by atoms with Gasteiger partial charge in [0.15, 0.2) is 0 Å². The minimum atomic E-state index is 0.235. The maximum Gasteiger partial charge on any atom is 0.0537 e. The van der Waals surface area contributed by atoms with Crippen LogP contribution in [0.1, 0.15) is 37.9 Å². The third-order valence-corrected chi connectivity index (χ3v) is 3.27. The Morgan fingerprint density at radius 2 is 2.18 bits per heavy atom. The van der Waals surface area contributed by atoms with Crippen LogP contribution in [0.2, 0.25) is 0 Å². The van der Waals surface area contributed by atoms with Gasteiger partial charge in [0.2, 0.25) is 0 Å². The minimum Gasteiger partial charge on any atom is -0.396 e. The number of rotatable bonds is 7. The lowest BCUT2D eigenvalue weighted by molar-refractivity contribution is 0.236. The molecule has 0 radical (unpaired) electrons. The molecule has 0 aliphatic carbocycles. The Balaban J connectivity index is 2.34. The van der Waals surface area contributed by atoms with E-state index in [0.717, 1.165) is 25.9 Å². The van der Waals surface area contributed by atoms with Crippen molar-refractivity contribution in [1.29, 1.82) is 0 Å². The summed E-state index contributed by atoms with van der Waals surface area (Å²) in [6.07, 6.45) is 3.84. The van der Waals surface area contributed by atoms with Crippen molar-refractivity contribution in [3.63, 3.8) is 0 Å². The molecule has 0 amide bonds. The Hall–Kier alpha value is -0.870. The molecule has 1 aromatic heterocycles. The quantitative estimate of drug-likeness (QED) is 0.760. The van der Waals surface area contributed by atoms with E-state index in [2.05, 4.69) is 31.2 Å². The van der Waals surface area contributed by atoms with Gasteiger partial charge in [0.25, 0.3) is 0 Å². The van der Waals surface area contributed by atoms with Crippen LogP contribution in [0.3, 0.4) is 0 Å². The van der Waals surface area contributed by atoms with Gasteiger partial charge >= 0.3 is 0 Å². The molecule has 0 atom stereocenters. The smallest absolute Gasteiger partial charge is 0.0537 e. The fourth-order valence-corrected chi connectivity index (χ4v) is 1.90. The molecule has 2 N–H and O–H groups in total. The van der Waals surface area contributed by atoms with Crippen molar-refractivity contribution in [2.24, 2.45) is 12.5 Å². The van der Waals surface area contributed by atoms with Crippen molar-refractivity contribution in [3.05, 3.63) is 17.5 Å². The normalized spacial score (nSPS) is 12.1. The van der Waals surface area contributed by atoms with E-state index in [0.29, 0.717) is 0 Å². The molecule has 0 bridgehead atoms. The zero-order chi connectivity index (χ0) is 12.9. The van der Waals surface area contributed by atoms with Crippen molar-refractivity contribution >= 4 is 0 Å². The molecule has 0 aromatic carbocycles. The highest BCUT2D eigenvalue weighted by Crippen LogP contribution is 2.21. The number of nitrogens with one attached hydrogen (secondary N) is 1. The lowest BCUT2D eigenvalue weighted by Gasteiger charge is -2.24. The van der Waals surface area contributed by atoms with Crippen LogP contribution < -0.4 is 5.32 Å². The highest BCUT2D eigenvalue weighted by Gasteiger charge is 2.16. The number of aryl methyl sites for hydroxylation is 1. The third-order valence-electron chi connectivity index (χ3n) is 3.27. The predicted molar refractivity (Wildman–Crippen MR) is 69.8 cm³/mol. The Bertz CT molecular complexity index is 344. The van der Waals surface area contributed by atoms with Crippen LogP contribution in [-0.2, 0) is 13.6 Å². The molecule has 17 heavy (non-hydrogen) atoms. The van der Waals surface area contributed by atoms with Gasteiger partial charge in [0, 0.05) is 38.0 Å². The molecule has 4 heteroatoms. The van der Waals surface area contributed by atoms with Gasteiger partial charge in [-0.3, -0.25) is 4.68 Å². The average molecular weight is 239 g/mol. The van der Waals surface area contributed by atoms with Crippen molar-refractivity contribution in [2.45, 2.75) is 40.2 Å². The summed E-state index contributed by atoms with van der Waals surface area (Å²) in [5.74, 6) is 0. The van der Waals surface area contributed by atoms with Gasteiger partial charge in [-0.1, -0.05) is 13.8 Å². The SMILES string of the molecule is Cc1c(CNCC(C)(C)CCCO)cnn1C. The average Bonchev–Trinajstić information content (AvgIpc) is 2.58. The van der Waals surface area contributed by atoms with Gasteiger partial charge in [-0.05, 0) is 25.2 Å². The number of nitrogens with zero attached hydrogens (tertiary/aromatic N) is 2. The van der Waals surface area contributed by atoms with Crippen LogP contribution in [0.5, 0.6) is 0 Å². The summed E-state index contributed by atoms with van der Waals surface area (Å²) >= 11 is 0. The van der Waals surface area contributed by atoms with E-state index in [4.69, 9.17) is 5.11 Å². The molecule has 1 heterocycles. The van der Waals surface area contributed by atoms with Crippen LogP contribution in [0.25, 0.3) is 0 Å². The van der Waals surface area contributed by atoms with Gasteiger partial charge in [-0.25, -0.2) is 0 Å². The van der Waals surface area contributed by atoms with Crippen molar-refractivity contribution in [1.82, 2.24) is 15.1 Å². The lowest BCUT2D eigenvalue weighted by Crippen LogP contribution is -2.29. The number of aromatic nitrogens is 2. The molecular formula is C13H25N3O. The van der Waals surface area contributed by atoms with Crippen molar-refractivity contribution in [2.75, 3.05) is 13.2 Å². The van der Waals surface area contributed by atoms with E-state index in [1.165, 1.54) is 11.3 Å². The first kappa shape index (κ1) is 14.2. The second kappa shape index (κ2) is 6.17. The van der Waals surface area contributed by atoms with Gasteiger partial charge in [0.1, 0.15) is 0 Å². The summed E-state index contributed by atoms with van der Waals surface area (Å²) in [6, 6.07) is 0. The Kier molecular flexibility index (Phi) is 5.15. The van der Waals surface area contributed by atoms with E-state index in [1.807, 2.05) is 17.9 Å². The molecule has 0 unspecified atom stereocenters. The number of aliphatic hydroxyl groups is 1. The maximum atomic E-state index is 8.84. The van der Waals surface area contributed by atoms with Crippen molar-refractivity contribution < 1.29 is 5.11 Å². The zero-order valence-corrected chi connectivity index (χ0v) is 11.5. The largest absolute Gasteiger partial charge is 0.396 e. The number of hydrogen-bond acceptors (Lipinski definition) is 3. The summed E-state index contributed by atoms with van der Waals surface area (Å²) in [4.78, 5) is 0. The first-order valence-electron chi connectivity index (χ1n) is 6.25. The molecule has 0 spiro atoms. The van der Waals surface area contributed by atoms with Crippen molar-refractivity contribution in [3.8, 4) is 0 Å². The Labute approximate surface area is 104 Å². The molecule has 0 fully saturated rings. The molecule has 0 aliphatic heterocycles. The Morgan fingerprint density at radius 1 is 1.47 bits per heavy atom. The fraction of sp³-hybridized carbons (Fsp3) is 0.769. The topological polar surface area (TPSA) is 50.1 Å². The fourth-order valence-electron chi connectivity index (χ4n) is 1.90. The predicted octanol–water partition coefficient (Wildman–Crippen LogP) is 1.62. The summed E-state index contributed by atoms with van der Waals surface area (Å²) in [7, 11) is 1.96. The van der Waals surface area contributed by atoms with E-state index in [9.17, 15) is 0 Å². The molecule has 98 valence electrons. The van der Waals surface area contributed by atoms with E-state index < -0.39 is 0 Å². The number of aliphatic hydroxyl groups excluding tert-OH is 1. The minimum absolute atomic E-state index is 0.235. The third kappa shape index (κ3) is 4.48. The van der Waals surface area contributed by atoms with E-state index in [1.54, 1.807) is 0 Å². The van der Waals surface area contributed by atoms with Crippen LogP contribution in [0.15, 0.2) is 6.20 Å². The van der Waals surface area contributed by atoms with Crippen LogP contribution in [0, 0.1) is 12.3 Å². The monoisotopic (exact) mass is 239 g/mol. The first-order valence-corrected chi connectivity index (χ1v) is 6.25. The molecule has 0 saturated heterocycles. The summed E-state index contributed by atoms with van der Waals surface area (Å²) in [5.41, 5.74) is 2.70. The molecular weight excluding hydrogens is 214 g/mol. The van der Waals surface area contributed by atoms with Gasteiger partial charge in [-0.2, -0.15) is 5.10 Å². The molecule has 0 aliphatic rings. The van der Waals surface area contributed by atoms with E-state index in [-0.39, 0.29) is 12.0 Å². The standard InChI is InChI=1S/C13H25N3O/c1-11-12(9-15-16(11)4)8-14-10-13(2,3)6-5-7-17/h9,14,17H,5-8,10H2,1-4H3. The van der Waals surface area contributed by atoms with Crippen LogP contribution in [0.4, 0.5) is 0 Å². The molecule has 4 nitrogen and oxygen atoms in total. The summed E-state index contributed by atoms with van der Waals surface area (Å²) in [6.45, 7) is 8.65. The van der Waals surface area contributed by atoms with Gasteiger partial charge in [-0.15, -0.1) is 0 Å². The first-order chi connectivity index (χ1) is 7.96. The highest BCUT2D eigenvalue weighted by atomic mass is 16.2. The maximum absolute atomic E-state index is 8.84. The number of hydrogen-bond donors (Lipinski definition) is 2. The molecule has 1 aromatic rings. The second-order valence-corrected chi connectivity index (χ2v) is 5.47. The molecule has 0 saturated carbocycles. The lowest BCUT2D eigenvalue weighted by atomic mass is 9.88. The summed E-state index contributed by atoms with van der Waals surface area (Å²) in [5, 5.41) is 16.5. The van der Waals surface area contributed by atoms with Crippen LogP contribution >= 0.6 is 0 Å². The second-order valence-electron chi connectivity index (χ2n) is 5.47. The van der Waals surface area contributed by atoms with Gasteiger partial charge in [0.05, 0.1) is 6.20 Å². The van der Waals surface area contributed by atoms with Crippen LogP contribution in [-0.4, -0.2) is 28.0 Å². The van der Waals surface area contributed by atoms with E-state index >= 15 is 0 Å². The van der Waals surface area contributed by atoms with Gasteiger partial charge < -0.3 is 10.4 Å².